The number of benzene rings is 1. The number of methoxy groups -OCH3 is 1. The maximum absolute atomic E-state index is 13.2. The minimum absolute atomic E-state index is 0.267. The Morgan fingerprint density at radius 1 is 1.47 bits per heavy atom. The third kappa shape index (κ3) is 2.82. The number of hydrogen-bond acceptors (Lipinski definition) is 2. The normalized spacial score (nSPS) is 29.2. The molecule has 0 amide bonds. The van der Waals surface area contributed by atoms with Gasteiger partial charge in [-0.25, -0.2) is 4.39 Å². The van der Waals surface area contributed by atoms with E-state index in [0.717, 1.165) is 30.4 Å². The van der Waals surface area contributed by atoms with Gasteiger partial charge in [0.05, 0.1) is 5.60 Å². The summed E-state index contributed by atoms with van der Waals surface area (Å²) in [5.74, 6) is 0.279. The fourth-order valence-corrected chi connectivity index (χ4v) is 3.32. The Morgan fingerprint density at radius 3 is 2.79 bits per heavy atom. The van der Waals surface area contributed by atoms with E-state index in [1.54, 1.807) is 13.2 Å². The largest absolute Gasteiger partial charge is 0.385 e. The molecule has 1 aromatic carbocycles. The number of halogens is 1. The molecule has 19 heavy (non-hydrogen) atoms. The van der Waals surface area contributed by atoms with Crippen molar-refractivity contribution >= 4 is 0 Å². The number of aryl methyl sites for hydroxylation is 1. The molecule has 1 aliphatic rings. The Hall–Kier alpha value is -0.930. The molecule has 3 heteroatoms. The standard InChI is InChI=1S/C16H23FO2/c1-11-5-4-8-16(10-11,19-3)15(18)14-7-6-13(17)9-12(14)2/h6-7,9,11,15,18H,4-5,8,10H2,1-3H3. The average molecular weight is 266 g/mol. The summed E-state index contributed by atoms with van der Waals surface area (Å²) in [4.78, 5) is 0. The van der Waals surface area contributed by atoms with E-state index in [4.69, 9.17) is 4.74 Å². The summed E-state index contributed by atoms with van der Waals surface area (Å²) in [5.41, 5.74) is 1.03. The minimum atomic E-state index is -0.694. The van der Waals surface area contributed by atoms with Gasteiger partial charge in [0, 0.05) is 7.11 Å². The van der Waals surface area contributed by atoms with E-state index < -0.39 is 11.7 Å². The van der Waals surface area contributed by atoms with Crippen molar-refractivity contribution in [3.8, 4) is 0 Å². The van der Waals surface area contributed by atoms with Crippen LogP contribution < -0.4 is 0 Å². The van der Waals surface area contributed by atoms with Crippen molar-refractivity contribution < 1.29 is 14.2 Å². The van der Waals surface area contributed by atoms with Gasteiger partial charge in [-0.2, -0.15) is 0 Å². The zero-order valence-electron chi connectivity index (χ0n) is 11.9. The van der Waals surface area contributed by atoms with Crippen molar-refractivity contribution in [1.82, 2.24) is 0 Å². The van der Waals surface area contributed by atoms with Crippen molar-refractivity contribution in [3.63, 3.8) is 0 Å². The highest BCUT2D eigenvalue weighted by Gasteiger charge is 2.42. The van der Waals surface area contributed by atoms with Crippen molar-refractivity contribution in [2.75, 3.05) is 7.11 Å². The predicted octanol–water partition coefficient (Wildman–Crippen LogP) is 3.76. The van der Waals surface area contributed by atoms with Gasteiger partial charge in [-0.15, -0.1) is 0 Å². The van der Waals surface area contributed by atoms with Crippen LogP contribution in [0, 0.1) is 18.7 Å². The highest BCUT2D eigenvalue weighted by molar-refractivity contribution is 5.30. The molecule has 2 rings (SSSR count). The maximum Gasteiger partial charge on any atom is 0.123 e. The molecule has 1 aromatic rings. The lowest BCUT2D eigenvalue weighted by atomic mass is 9.73. The van der Waals surface area contributed by atoms with Crippen LogP contribution in [-0.4, -0.2) is 17.8 Å². The lowest BCUT2D eigenvalue weighted by molar-refractivity contribution is -0.134. The van der Waals surface area contributed by atoms with Gasteiger partial charge in [0.2, 0.25) is 0 Å². The molecule has 1 N–H and O–H groups in total. The van der Waals surface area contributed by atoms with Crippen LogP contribution in [0.4, 0.5) is 4.39 Å². The molecule has 0 spiro atoms. The lowest BCUT2D eigenvalue weighted by Gasteiger charge is -2.42. The molecule has 106 valence electrons. The average Bonchev–Trinajstić information content (AvgIpc) is 2.38. The van der Waals surface area contributed by atoms with Crippen LogP contribution in [0.2, 0.25) is 0 Å². The lowest BCUT2D eigenvalue weighted by Crippen LogP contribution is -2.43. The molecule has 0 aromatic heterocycles. The van der Waals surface area contributed by atoms with E-state index in [0.29, 0.717) is 5.92 Å². The van der Waals surface area contributed by atoms with Crippen LogP contribution >= 0.6 is 0 Å². The van der Waals surface area contributed by atoms with Gasteiger partial charge in [0.15, 0.2) is 0 Å². The molecule has 0 heterocycles. The smallest absolute Gasteiger partial charge is 0.123 e. The summed E-state index contributed by atoms with van der Waals surface area (Å²) in [6.45, 7) is 4.02. The van der Waals surface area contributed by atoms with Gasteiger partial charge in [-0.1, -0.05) is 25.8 Å². The van der Waals surface area contributed by atoms with E-state index in [1.807, 2.05) is 6.92 Å². The highest BCUT2D eigenvalue weighted by atomic mass is 19.1. The summed E-state index contributed by atoms with van der Waals surface area (Å²) >= 11 is 0. The minimum Gasteiger partial charge on any atom is -0.385 e. The molecule has 1 saturated carbocycles. The Bertz CT molecular complexity index is 446. The molecule has 0 bridgehead atoms. The molecule has 3 atom stereocenters. The molecule has 1 fully saturated rings. The Labute approximate surface area is 114 Å². The fourth-order valence-electron chi connectivity index (χ4n) is 3.32. The maximum atomic E-state index is 13.2. The zero-order valence-corrected chi connectivity index (χ0v) is 11.9. The first-order chi connectivity index (χ1) is 8.98. The number of ether oxygens (including phenoxy) is 1. The number of rotatable bonds is 3. The van der Waals surface area contributed by atoms with Gasteiger partial charge >= 0.3 is 0 Å². The van der Waals surface area contributed by atoms with E-state index in [-0.39, 0.29) is 5.82 Å². The van der Waals surface area contributed by atoms with Crippen LogP contribution in [0.3, 0.4) is 0 Å². The van der Waals surface area contributed by atoms with Gasteiger partial charge < -0.3 is 9.84 Å². The molecular formula is C16H23FO2. The van der Waals surface area contributed by atoms with Crippen molar-refractivity contribution in [3.05, 3.63) is 35.1 Å². The molecule has 0 saturated heterocycles. The Kier molecular flexibility index (Phi) is 4.26. The van der Waals surface area contributed by atoms with Crippen molar-refractivity contribution in [2.24, 2.45) is 5.92 Å². The van der Waals surface area contributed by atoms with Gasteiger partial charge in [-0.3, -0.25) is 0 Å². The second-order valence-corrected chi connectivity index (χ2v) is 5.87. The molecule has 3 unspecified atom stereocenters. The third-order valence-corrected chi connectivity index (χ3v) is 4.42. The predicted molar refractivity (Wildman–Crippen MR) is 73.5 cm³/mol. The third-order valence-electron chi connectivity index (χ3n) is 4.42. The summed E-state index contributed by atoms with van der Waals surface area (Å²) in [7, 11) is 1.67. The van der Waals surface area contributed by atoms with Gasteiger partial charge in [-0.05, 0) is 48.9 Å². The molecule has 0 radical (unpaired) electrons. The van der Waals surface area contributed by atoms with Crippen LogP contribution in [0.25, 0.3) is 0 Å². The van der Waals surface area contributed by atoms with E-state index in [2.05, 4.69) is 6.92 Å². The first-order valence-corrected chi connectivity index (χ1v) is 6.98. The fraction of sp³-hybridized carbons (Fsp3) is 0.625. The van der Waals surface area contributed by atoms with E-state index >= 15 is 0 Å². The summed E-state index contributed by atoms with van der Waals surface area (Å²) in [5, 5.41) is 10.7. The van der Waals surface area contributed by atoms with Crippen LogP contribution in [-0.2, 0) is 4.74 Å². The topological polar surface area (TPSA) is 29.5 Å². The number of aliphatic hydroxyl groups is 1. The number of aliphatic hydroxyl groups excluding tert-OH is 1. The first-order valence-electron chi connectivity index (χ1n) is 6.98. The van der Waals surface area contributed by atoms with Crippen molar-refractivity contribution in [2.45, 2.75) is 51.2 Å². The molecule has 1 aliphatic carbocycles. The molecular weight excluding hydrogens is 243 g/mol. The molecule has 0 aliphatic heterocycles. The summed E-state index contributed by atoms with van der Waals surface area (Å²) in [6, 6.07) is 4.55. The molecule has 2 nitrogen and oxygen atoms in total. The quantitative estimate of drug-likeness (QED) is 0.902. The second-order valence-electron chi connectivity index (χ2n) is 5.87. The summed E-state index contributed by atoms with van der Waals surface area (Å²) in [6.07, 6.45) is 3.25. The Morgan fingerprint density at radius 2 is 2.21 bits per heavy atom. The van der Waals surface area contributed by atoms with E-state index in [9.17, 15) is 9.50 Å². The van der Waals surface area contributed by atoms with Gasteiger partial charge in [0.25, 0.3) is 0 Å². The zero-order chi connectivity index (χ0) is 14.0. The first kappa shape index (κ1) is 14.5. The van der Waals surface area contributed by atoms with E-state index in [1.165, 1.54) is 18.6 Å². The van der Waals surface area contributed by atoms with Crippen LogP contribution in [0.15, 0.2) is 18.2 Å². The monoisotopic (exact) mass is 266 g/mol. The van der Waals surface area contributed by atoms with Crippen LogP contribution in [0.1, 0.15) is 49.8 Å². The Balaban J connectivity index is 2.32. The van der Waals surface area contributed by atoms with Crippen LogP contribution in [0.5, 0.6) is 0 Å². The second kappa shape index (κ2) is 5.59. The van der Waals surface area contributed by atoms with Crippen molar-refractivity contribution in [1.29, 1.82) is 0 Å². The number of hydrogen-bond donors (Lipinski definition) is 1. The highest BCUT2D eigenvalue weighted by Crippen LogP contribution is 2.43. The summed E-state index contributed by atoms with van der Waals surface area (Å²) < 4.78 is 18.9. The SMILES string of the molecule is COC1(C(O)c2ccc(F)cc2C)CCCC(C)C1. The van der Waals surface area contributed by atoms with Gasteiger partial charge in [0.1, 0.15) is 11.9 Å².